The van der Waals surface area contributed by atoms with E-state index in [0.29, 0.717) is 17.2 Å². The van der Waals surface area contributed by atoms with Crippen molar-refractivity contribution in [2.24, 2.45) is 0 Å². The maximum Gasteiger partial charge on any atom is 0.258 e. The minimum Gasteiger partial charge on any atom is -0.318 e. The van der Waals surface area contributed by atoms with E-state index in [2.05, 4.69) is 15.2 Å². The Balaban J connectivity index is 2.26. The zero-order valence-electron chi connectivity index (χ0n) is 11.1. The first-order valence-corrected chi connectivity index (χ1v) is 6.49. The van der Waals surface area contributed by atoms with Crippen molar-refractivity contribution in [3.63, 3.8) is 0 Å². The fourth-order valence-corrected chi connectivity index (χ4v) is 2.03. The van der Waals surface area contributed by atoms with Crippen LogP contribution in [0, 0.1) is 0 Å². The second kappa shape index (κ2) is 6.14. The van der Waals surface area contributed by atoms with Crippen molar-refractivity contribution in [3.8, 4) is 0 Å². The topological polar surface area (TPSA) is 49.6 Å². The maximum atomic E-state index is 12.0. The van der Waals surface area contributed by atoms with Crippen molar-refractivity contribution in [1.29, 1.82) is 0 Å². The molecular weight excluding hydrogens is 264 g/mol. The van der Waals surface area contributed by atoms with E-state index in [9.17, 15) is 4.79 Å². The van der Waals surface area contributed by atoms with Gasteiger partial charge in [-0.15, -0.1) is 0 Å². The molecule has 19 heavy (non-hydrogen) atoms. The molecular formula is C13H17ClN4O. The molecule has 102 valence electrons. The van der Waals surface area contributed by atoms with E-state index in [4.69, 9.17) is 11.6 Å². The van der Waals surface area contributed by atoms with Gasteiger partial charge in [-0.2, -0.15) is 0 Å². The smallest absolute Gasteiger partial charge is 0.258 e. The van der Waals surface area contributed by atoms with Crippen LogP contribution in [0.5, 0.6) is 0 Å². The number of nitrogens with zero attached hydrogens (tertiary/aromatic N) is 3. The fourth-order valence-electron chi connectivity index (χ4n) is 1.87. The Kier molecular flexibility index (Phi) is 4.52. The van der Waals surface area contributed by atoms with E-state index in [1.165, 1.54) is 4.40 Å². The van der Waals surface area contributed by atoms with Gasteiger partial charge >= 0.3 is 0 Å². The average molecular weight is 281 g/mol. The van der Waals surface area contributed by atoms with Gasteiger partial charge in [0.1, 0.15) is 5.65 Å². The Hall–Kier alpha value is -1.43. The van der Waals surface area contributed by atoms with Gasteiger partial charge in [0.15, 0.2) is 0 Å². The lowest BCUT2D eigenvalue weighted by molar-refractivity contribution is 0.324. The number of likely N-dealkylation sites (N-methyl/N-ethyl adjacent to an activating group) is 2. The van der Waals surface area contributed by atoms with Crippen LogP contribution in [0.4, 0.5) is 0 Å². The van der Waals surface area contributed by atoms with Gasteiger partial charge in [-0.3, -0.25) is 14.1 Å². The second-order valence-electron chi connectivity index (χ2n) is 4.50. The highest BCUT2D eigenvalue weighted by Crippen LogP contribution is 2.08. The normalized spacial score (nSPS) is 11.4. The molecule has 0 spiro atoms. The van der Waals surface area contributed by atoms with Gasteiger partial charge in [0.2, 0.25) is 0 Å². The molecule has 6 heteroatoms. The summed E-state index contributed by atoms with van der Waals surface area (Å²) in [7, 11) is 3.92. The van der Waals surface area contributed by atoms with Crippen molar-refractivity contribution in [3.05, 3.63) is 45.5 Å². The standard InChI is InChI=1S/C13H17ClN4O/c1-15-5-6-17(2)9-11-7-13(19)18-8-10(14)3-4-12(18)16-11/h3-4,7-8,15H,5-6,9H2,1-2H3. The number of nitrogens with one attached hydrogen (secondary N) is 1. The number of rotatable bonds is 5. The molecule has 0 aromatic carbocycles. The number of hydrogen-bond acceptors (Lipinski definition) is 4. The summed E-state index contributed by atoms with van der Waals surface area (Å²) < 4.78 is 1.46. The molecule has 0 unspecified atom stereocenters. The number of halogens is 1. The molecule has 0 saturated carbocycles. The van der Waals surface area contributed by atoms with E-state index >= 15 is 0 Å². The zero-order chi connectivity index (χ0) is 13.8. The van der Waals surface area contributed by atoms with Crippen molar-refractivity contribution in [2.45, 2.75) is 6.54 Å². The summed E-state index contributed by atoms with van der Waals surface area (Å²) in [5.41, 5.74) is 1.28. The molecule has 2 aromatic heterocycles. The van der Waals surface area contributed by atoms with Crippen LogP contribution in [0.3, 0.4) is 0 Å². The lowest BCUT2D eigenvalue weighted by atomic mass is 10.3. The summed E-state index contributed by atoms with van der Waals surface area (Å²) in [4.78, 5) is 18.6. The summed E-state index contributed by atoms with van der Waals surface area (Å²) >= 11 is 5.87. The third-order valence-corrected chi connectivity index (χ3v) is 3.08. The first-order chi connectivity index (χ1) is 9.10. The predicted molar refractivity (Wildman–Crippen MR) is 76.7 cm³/mol. The molecule has 0 aliphatic heterocycles. The molecule has 0 aliphatic carbocycles. The maximum absolute atomic E-state index is 12.0. The lowest BCUT2D eigenvalue weighted by Gasteiger charge is -2.15. The van der Waals surface area contributed by atoms with Gasteiger partial charge < -0.3 is 5.32 Å². The van der Waals surface area contributed by atoms with Crippen molar-refractivity contribution in [2.75, 3.05) is 27.2 Å². The van der Waals surface area contributed by atoms with Gasteiger partial charge in [0.05, 0.1) is 10.7 Å². The van der Waals surface area contributed by atoms with Gasteiger partial charge in [-0.25, -0.2) is 4.98 Å². The first-order valence-electron chi connectivity index (χ1n) is 6.11. The summed E-state index contributed by atoms with van der Waals surface area (Å²) in [6, 6.07) is 5.04. The summed E-state index contributed by atoms with van der Waals surface area (Å²) in [5.74, 6) is 0. The Morgan fingerprint density at radius 1 is 1.47 bits per heavy atom. The van der Waals surface area contributed by atoms with Crippen molar-refractivity contribution >= 4 is 17.2 Å². The molecule has 1 N–H and O–H groups in total. The van der Waals surface area contributed by atoms with Crippen LogP contribution in [-0.4, -0.2) is 41.5 Å². The minimum absolute atomic E-state index is 0.107. The van der Waals surface area contributed by atoms with Crippen LogP contribution in [0.2, 0.25) is 5.02 Å². The highest BCUT2D eigenvalue weighted by molar-refractivity contribution is 6.30. The average Bonchev–Trinajstić information content (AvgIpc) is 2.37. The number of pyridine rings is 1. The predicted octanol–water partition coefficient (Wildman–Crippen LogP) is 0.999. The molecule has 0 aliphatic rings. The first kappa shape index (κ1) is 14.0. The second-order valence-corrected chi connectivity index (χ2v) is 4.94. The van der Waals surface area contributed by atoms with E-state index in [0.717, 1.165) is 18.8 Å². The highest BCUT2D eigenvalue weighted by atomic mass is 35.5. The third-order valence-electron chi connectivity index (χ3n) is 2.85. The fraction of sp³-hybridized carbons (Fsp3) is 0.385. The highest BCUT2D eigenvalue weighted by Gasteiger charge is 2.05. The van der Waals surface area contributed by atoms with Gasteiger partial charge in [0, 0.05) is 31.9 Å². The minimum atomic E-state index is -0.107. The molecule has 0 fully saturated rings. The SMILES string of the molecule is CNCCN(C)Cc1cc(=O)n2cc(Cl)ccc2n1. The summed E-state index contributed by atoms with van der Waals surface area (Å²) in [6.07, 6.45) is 1.58. The van der Waals surface area contributed by atoms with Crippen LogP contribution >= 0.6 is 11.6 Å². The van der Waals surface area contributed by atoms with E-state index in [-0.39, 0.29) is 5.56 Å². The third kappa shape index (κ3) is 3.53. The van der Waals surface area contributed by atoms with Crippen LogP contribution in [0.1, 0.15) is 5.69 Å². The number of aromatic nitrogens is 2. The van der Waals surface area contributed by atoms with Crippen LogP contribution in [0.25, 0.3) is 5.65 Å². The number of hydrogen-bond donors (Lipinski definition) is 1. The Morgan fingerprint density at radius 3 is 3.00 bits per heavy atom. The van der Waals surface area contributed by atoms with E-state index < -0.39 is 0 Å². The van der Waals surface area contributed by atoms with Gasteiger partial charge in [0.25, 0.3) is 5.56 Å². The molecule has 0 amide bonds. The van der Waals surface area contributed by atoms with E-state index in [1.54, 1.807) is 24.4 Å². The Labute approximate surface area is 116 Å². The molecule has 2 rings (SSSR count). The largest absolute Gasteiger partial charge is 0.318 e. The molecule has 5 nitrogen and oxygen atoms in total. The summed E-state index contributed by atoms with van der Waals surface area (Å²) in [5, 5.41) is 3.61. The molecule has 2 aromatic rings. The molecule has 2 heterocycles. The van der Waals surface area contributed by atoms with Gasteiger partial charge in [-0.1, -0.05) is 11.6 Å². The lowest BCUT2D eigenvalue weighted by Crippen LogP contribution is -2.28. The summed E-state index contributed by atoms with van der Waals surface area (Å²) in [6.45, 7) is 2.45. The van der Waals surface area contributed by atoms with Crippen molar-refractivity contribution in [1.82, 2.24) is 19.6 Å². The molecule has 0 radical (unpaired) electrons. The molecule has 0 atom stereocenters. The van der Waals surface area contributed by atoms with Crippen LogP contribution < -0.4 is 10.9 Å². The van der Waals surface area contributed by atoms with Crippen molar-refractivity contribution < 1.29 is 0 Å². The molecule has 0 saturated heterocycles. The van der Waals surface area contributed by atoms with Crippen LogP contribution in [0.15, 0.2) is 29.2 Å². The van der Waals surface area contributed by atoms with Gasteiger partial charge in [-0.05, 0) is 26.2 Å². The molecule has 0 bridgehead atoms. The zero-order valence-corrected chi connectivity index (χ0v) is 11.8. The van der Waals surface area contributed by atoms with Crippen LogP contribution in [-0.2, 0) is 6.54 Å². The Bertz CT molecular complexity index is 626. The van der Waals surface area contributed by atoms with E-state index in [1.807, 2.05) is 14.1 Å². The Morgan fingerprint density at radius 2 is 2.26 bits per heavy atom. The quantitative estimate of drug-likeness (QED) is 0.888. The number of fused-ring (bicyclic) bond motifs is 1. The monoisotopic (exact) mass is 280 g/mol.